The van der Waals surface area contributed by atoms with Crippen LogP contribution in [0.5, 0.6) is 0 Å². The maximum Gasteiger partial charge on any atom is 0.435 e. The van der Waals surface area contributed by atoms with Crippen LogP contribution in [0.2, 0.25) is 0 Å². The van der Waals surface area contributed by atoms with Crippen LogP contribution < -0.4 is 0 Å². The Hall–Kier alpha value is -1.36. The fraction of sp³-hybridized carbons (Fsp3) is 0.333. The molecule has 2 rings (SSSR count). The Labute approximate surface area is 108 Å². The molecule has 0 amide bonds. The molecule has 0 bridgehead atoms. The number of nitrogens with zero attached hydrogens (tertiary/aromatic N) is 2. The highest BCUT2D eigenvalue weighted by molar-refractivity contribution is 9.10. The average Bonchev–Trinajstić information content (AvgIpc) is 2.57. The van der Waals surface area contributed by atoms with Crippen LogP contribution in [0.15, 0.2) is 28.9 Å². The summed E-state index contributed by atoms with van der Waals surface area (Å²) in [5.74, 6) is 0. The molecule has 0 fully saturated rings. The smallest absolute Gasteiger partial charge is 0.435 e. The van der Waals surface area contributed by atoms with Crippen LogP contribution in [0.25, 0.3) is 10.9 Å². The Morgan fingerprint density at radius 3 is 2.76 bits per heavy atom. The molecule has 0 saturated heterocycles. The number of ether oxygens (including phenoxy) is 1. The summed E-state index contributed by atoms with van der Waals surface area (Å²) in [7, 11) is 0. The van der Waals surface area contributed by atoms with Gasteiger partial charge in [-0.3, -0.25) is 0 Å². The number of carbonyl (C=O) groups excluding carboxylic acids is 1. The summed E-state index contributed by atoms with van der Waals surface area (Å²) in [6.07, 6.45) is 1.19. The molecule has 0 aliphatic carbocycles. The van der Waals surface area contributed by atoms with E-state index in [0.717, 1.165) is 15.4 Å². The summed E-state index contributed by atoms with van der Waals surface area (Å²) in [6.45, 7) is 5.47. The predicted molar refractivity (Wildman–Crippen MR) is 69.1 cm³/mol. The van der Waals surface area contributed by atoms with Crippen molar-refractivity contribution in [3.8, 4) is 0 Å². The van der Waals surface area contributed by atoms with Gasteiger partial charge >= 0.3 is 6.09 Å². The lowest BCUT2D eigenvalue weighted by Gasteiger charge is -2.18. The highest BCUT2D eigenvalue weighted by Crippen LogP contribution is 2.19. The maximum atomic E-state index is 11.8. The third kappa shape index (κ3) is 2.85. The van der Waals surface area contributed by atoms with Crippen LogP contribution >= 0.6 is 15.9 Å². The minimum Gasteiger partial charge on any atom is -0.442 e. The zero-order valence-corrected chi connectivity index (χ0v) is 11.5. The van der Waals surface area contributed by atoms with E-state index in [1.165, 1.54) is 4.68 Å². The van der Waals surface area contributed by atoms with Crippen molar-refractivity contribution in [1.82, 2.24) is 9.78 Å². The van der Waals surface area contributed by atoms with Crippen molar-refractivity contribution in [2.75, 3.05) is 0 Å². The lowest BCUT2D eigenvalue weighted by atomic mass is 10.2. The monoisotopic (exact) mass is 296 g/mol. The standard InChI is InChI=1S/C12H13BrN2O2/c1-12(2,3)17-11(16)15-7-8-4-5-9(13)6-10(8)14-15/h4-7H,1-3H3. The number of aromatic nitrogens is 2. The molecule has 0 atom stereocenters. The largest absolute Gasteiger partial charge is 0.442 e. The summed E-state index contributed by atoms with van der Waals surface area (Å²) in [5.41, 5.74) is 0.237. The summed E-state index contributed by atoms with van der Waals surface area (Å²) < 4.78 is 7.39. The van der Waals surface area contributed by atoms with Crippen molar-refractivity contribution in [2.45, 2.75) is 26.4 Å². The molecule has 0 spiro atoms. The SMILES string of the molecule is CC(C)(C)OC(=O)n1cc2ccc(Br)cc2n1. The molecular weight excluding hydrogens is 284 g/mol. The Balaban J connectivity index is 2.33. The van der Waals surface area contributed by atoms with Gasteiger partial charge in [0.2, 0.25) is 0 Å². The zero-order valence-electron chi connectivity index (χ0n) is 9.90. The van der Waals surface area contributed by atoms with Gasteiger partial charge in [-0.15, -0.1) is 0 Å². The Morgan fingerprint density at radius 1 is 1.41 bits per heavy atom. The Bertz CT molecular complexity index is 569. The molecule has 0 N–H and O–H groups in total. The van der Waals surface area contributed by atoms with Crippen LogP contribution in [-0.4, -0.2) is 21.5 Å². The van der Waals surface area contributed by atoms with Crippen LogP contribution in [0.4, 0.5) is 4.79 Å². The molecule has 1 heterocycles. The fourth-order valence-electron chi connectivity index (χ4n) is 1.39. The van der Waals surface area contributed by atoms with E-state index in [1.54, 1.807) is 6.20 Å². The van der Waals surface area contributed by atoms with Gasteiger partial charge in [-0.25, -0.2) is 4.79 Å². The Kier molecular flexibility index (Phi) is 2.95. The zero-order chi connectivity index (χ0) is 12.6. The van der Waals surface area contributed by atoms with Gasteiger partial charge in [0.15, 0.2) is 0 Å². The average molecular weight is 297 g/mol. The van der Waals surface area contributed by atoms with Crippen molar-refractivity contribution in [1.29, 1.82) is 0 Å². The molecule has 4 nitrogen and oxygen atoms in total. The molecule has 1 aromatic heterocycles. The van der Waals surface area contributed by atoms with Gasteiger partial charge in [0.25, 0.3) is 0 Å². The van der Waals surface area contributed by atoms with Crippen LogP contribution in [0.3, 0.4) is 0 Å². The second-order valence-electron chi connectivity index (χ2n) is 4.76. The Morgan fingerprint density at radius 2 is 2.12 bits per heavy atom. The van der Waals surface area contributed by atoms with E-state index >= 15 is 0 Å². The van der Waals surface area contributed by atoms with Crippen molar-refractivity contribution < 1.29 is 9.53 Å². The van der Waals surface area contributed by atoms with E-state index in [-0.39, 0.29) is 0 Å². The van der Waals surface area contributed by atoms with E-state index in [2.05, 4.69) is 21.0 Å². The quantitative estimate of drug-likeness (QED) is 0.746. The van der Waals surface area contributed by atoms with Gasteiger partial charge in [-0.2, -0.15) is 9.78 Å². The number of rotatable bonds is 0. The van der Waals surface area contributed by atoms with Crippen molar-refractivity contribution in [2.24, 2.45) is 0 Å². The molecular formula is C12H13BrN2O2. The number of hydrogen-bond acceptors (Lipinski definition) is 3. The van der Waals surface area contributed by atoms with Gasteiger partial charge < -0.3 is 4.74 Å². The first-order valence-corrected chi connectivity index (χ1v) is 6.03. The number of halogens is 1. The van der Waals surface area contributed by atoms with Gasteiger partial charge in [0.1, 0.15) is 5.60 Å². The molecule has 0 aliphatic heterocycles. The molecule has 90 valence electrons. The molecule has 0 unspecified atom stereocenters. The highest BCUT2D eigenvalue weighted by Gasteiger charge is 2.18. The molecule has 1 aromatic carbocycles. The lowest BCUT2D eigenvalue weighted by Crippen LogP contribution is -2.27. The molecule has 0 saturated carbocycles. The van der Waals surface area contributed by atoms with Crippen molar-refractivity contribution in [3.05, 3.63) is 28.9 Å². The first kappa shape index (κ1) is 12.1. The van der Waals surface area contributed by atoms with Gasteiger partial charge in [-0.1, -0.05) is 22.0 Å². The number of carbonyl (C=O) groups is 1. The van der Waals surface area contributed by atoms with E-state index in [1.807, 2.05) is 39.0 Å². The summed E-state index contributed by atoms with van der Waals surface area (Å²) in [6, 6.07) is 5.66. The third-order valence-corrected chi connectivity index (χ3v) is 2.54. The molecule has 2 aromatic rings. The molecule has 17 heavy (non-hydrogen) atoms. The third-order valence-electron chi connectivity index (χ3n) is 2.05. The van der Waals surface area contributed by atoms with Crippen LogP contribution in [0, 0.1) is 0 Å². The van der Waals surface area contributed by atoms with Crippen molar-refractivity contribution >= 4 is 32.9 Å². The number of fused-ring (bicyclic) bond motifs is 1. The maximum absolute atomic E-state index is 11.8. The van der Waals surface area contributed by atoms with Gasteiger partial charge in [-0.05, 0) is 32.9 Å². The molecule has 0 aliphatic rings. The number of hydrogen-bond donors (Lipinski definition) is 0. The first-order valence-electron chi connectivity index (χ1n) is 5.23. The summed E-state index contributed by atoms with van der Waals surface area (Å²) in [5, 5.41) is 5.07. The van der Waals surface area contributed by atoms with E-state index in [9.17, 15) is 4.79 Å². The second kappa shape index (κ2) is 4.14. The minimum absolute atomic E-state index is 0.468. The predicted octanol–water partition coefficient (Wildman–Crippen LogP) is 3.58. The lowest BCUT2D eigenvalue weighted by molar-refractivity contribution is 0.0516. The molecule has 5 heteroatoms. The van der Waals surface area contributed by atoms with Crippen molar-refractivity contribution in [3.63, 3.8) is 0 Å². The summed E-state index contributed by atoms with van der Waals surface area (Å²) >= 11 is 3.36. The van der Waals surface area contributed by atoms with Gasteiger partial charge in [0.05, 0.1) is 5.52 Å². The fourth-order valence-corrected chi connectivity index (χ4v) is 1.74. The second-order valence-corrected chi connectivity index (χ2v) is 5.67. The first-order chi connectivity index (χ1) is 7.85. The number of benzene rings is 1. The minimum atomic E-state index is -0.518. The van der Waals surface area contributed by atoms with E-state index in [0.29, 0.717) is 0 Å². The normalized spacial score (nSPS) is 11.8. The van der Waals surface area contributed by atoms with Crippen LogP contribution in [-0.2, 0) is 4.74 Å². The highest BCUT2D eigenvalue weighted by atomic mass is 79.9. The summed E-state index contributed by atoms with van der Waals surface area (Å²) in [4.78, 5) is 11.8. The van der Waals surface area contributed by atoms with Crippen LogP contribution in [0.1, 0.15) is 20.8 Å². The van der Waals surface area contributed by atoms with Gasteiger partial charge in [0, 0.05) is 16.1 Å². The van der Waals surface area contributed by atoms with E-state index in [4.69, 9.17) is 4.74 Å². The molecule has 0 radical (unpaired) electrons. The topological polar surface area (TPSA) is 44.1 Å². The van der Waals surface area contributed by atoms with E-state index < -0.39 is 11.7 Å².